The maximum absolute atomic E-state index is 15.5. The predicted molar refractivity (Wildman–Crippen MR) is 155 cm³/mol. The summed E-state index contributed by atoms with van der Waals surface area (Å²) in [6, 6.07) is 13.4. The number of nitrogens with one attached hydrogen (secondary N) is 2. The molecule has 8 heteroatoms. The smallest absolute Gasteiger partial charge is 0.254 e. The van der Waals surface area contributed by atoms with Crippen LogP contribution in [0.25, 0.3) is 22.2 Å². The van der Waals surface area contributed by atoms with E-state index in [0.717, 1.165) is 54.2 Å². The number of nitrogens with zero attached hydrogens (tertiary/aromatic N) is 3. The van der Waals surface area contributed by atoms with Crippen LogP contribution in [0.1, 0.15) is 73.5 Å². The molecule has 2 aromatic carbocycles. The number of hydrogen-bond acceptors (Lipinski definition) is 5. The SMILES string of the molecule is CC(C)(C)c1ccc2c(c1)CCN(Cc1ccc(-c3ccnc4[nH]nc(N[C@H]5CC[C@H](O)CC5)c34)cc1F)C2=O. The Balaban J connectivity index is 1.23. The van der Waals surface area contributed by atoms with Gasteiger partial charge in [0.2, 0.25) is 0 Å². The normalized spacial score (nSPS) is 19.6. The summed E-state index contributed by atoms with van der Waals surface area (Å²) >= 11 is 0. The van der Waals surface area contributed by atoms with Crippen LogP contribution in [-0.2, 0) is 18.4 Å². The van der Waals surface area contributed by atoms with Crippen LogP contribution in [0.4, 0.5) is 10.2 Å². The van der Waals surface area contributed by atoms with E-state index in [2.05, 4.69) is 47.3 Å². The van der Waals surface area contributed by atoms with Crippen LogP contribution in [0.2, 0.25) is 0 Å². The zero-order chi connectivity index (χ0) is 28.0. The Morgan fingerprint density at radius 1 is 1.07 bits per heavy atom. The Labute approximate surface area is 233 Å². The molecule has 0 unspecified atom stereocenters. The molecule has 0 atom stereocenters. The molecule has 1 saturated carbocycles. The molecule has 208 valence electrons. The number of aliphatic hydroxyl groups is 1. The Morgan fingerprint density at radius 2 is 1.88 bits per heavy atom. The van der Waals surface area contributed by atoms with Gasteiger partial charge in [0, 0.05) is 36.5 Å². The number of aliphatic hydroxyl groups excluding tert-OH is 1. The van der Waals surface area contributed by atoms with Gasteiger partial charge in [-0.3, -0.25) is 9.89 Å². The van der Waals surface area contributed by atoms with Crippen molar-refractivity contribution < 1.29 is 14.3 Å². The molecular formula is C32H36FN5O2. The van der Waals surface area contributed by atoms with Crippen molar-refractivity contribution in [3.63, 3.8) is 0 Å². The van der Waals surface area contributed by atoms with Crippen molar-refractivity contribution in [2.45, 2.75) is 77.0 Å². The second-order valence-corrected chi connectivity index (χ2v) is 12.2. The predicted octanol–water partition coefficient (Wildman–Crippen LogP) is 5.98. The van der Waals surface area contributed by atoms with Crippen molar-refractivity contribution in [2.24, 2.45) is 0 Å². The summed E-state index contributed by atoms with van der Waals surface area (Å²) in [5.41, 5.74) is 5.70. The number of aromatic nitrogens is 3. The van der Waals surface area contributed by atoms with Crippen molar-refractivity contribution >= 4 is 22.8 Å². The summed E-state index contributed by atoms with van der Waals surface area (Å²) in [5, 5.41) is 21.6. The molecule has 0 radical (unpaired) electrons. The zero-order valence-electron chi connectivity index (χ0n) is 23.3. The largest absolute Gasteiger partial charge is 0.393 e. The first kappa shape index (κ1) is 26.4. The second kappa shape index (κ2) is 10.3. The maximum atomic E-state index is 15.5. The third-order valence-electron chi connectivity index (χ3n) is 8.36. The number of amides is 1. The molecule has 0 saturated heterocycles. The first-order valence-corrected chi connectivity index (χ1v) is 14.2. The molecule has 7 nitrogen and oxygen atoms in total. The van der Waals surface area contributed by atoms with Gasteiger partial charge in [0.25, 0.3) is 5.91 Å². The zero-order valence-corrected chi connectivity index (χ0v) is 23.3. The summed E-state index contributed by atoms with van der Waals surface area (Å²) < 4.78 is 15.5. The van der Waals surface area contributed by atoms with E-state index in [9.17, 15) is 9.90 Å². The van der Waals surface area contributed by atoms with Gasteiger partial charge in [0.05, 0.1) is 11.5 Å². The Hall–Kier alpha value is -3.78. The molecule has 6 rings (SSSR count). The van der Waals surface area contributed by atoms with Crippen LogP contribution in [0.15, 0.2) is 48.7 Å². The number of carbonyl (C=O) groups is 1. The molecular weight excluding hydrogens is 505 g/mol. The Kier molecular flexibility index (Phi) is 6.82. The fraction of sp³-hybridized carbons (Fsp3) is 0.406. The summed E-state index contributed by atoms with van der Waals surface area (Å²) in [5.74, 6) is 0.296. The van der Waals surface area contributed by atoms with E-state index in [1.165, 1.54) is 11.6 Å². The molecule has 1 amide bonds. The topological polar surface area (TPSA) is 94.1 Å². The number of fused-ring (bicyclic) bond motifs is 2. The van der Waals surface area contributed by atoms with E-state index in [-0.39, 0.29) is 35.8 Å². The van der Waals surface area contributed by atoms with E-state index in [1.54, 1.807) is 17.2 Å². The second-order valence-electron chi connectivity index (χ2n) is 12.2. The number of rotatable bonds is 5. The first-order valence-electron chi connectivity index (χ1n) is 14.2. The van der Waals surface area contributed by atoms with E-state index in [0.29, 0.717) is 29.1 Å². The lowest BCUT2D eigenvalue weighted by Crippen LogP contribution is -2.37. The van der Waals surface area contributed by atoms with Gasteiger partial charge in [-0.2, -0.15) is 5.10 Å². The van der Waals surface area contributed by atoms with Crippen LogP contribution in [0.5, 0.6) is 0 Å². The molecule has 40 heavy (non-hydrogen) atoms. The van der Waals surface area contributed by atoms with E-state index in [1.807, 2.05) is 24.3 Å². The standard InChI is InChI=1S/C32H36FN5O2/c1-32(2,3)22-6-11-26-20(16-22)13-15-38(31(26)40)18-21-5-4-19(17-27(21)33)25-12-14-34-29-28(25)30(37-36-29)35-23-7-9-24(39)10-8-23/h4-6,11-12,14,16-17,23-24,39H,7-10,13,15,18H2,1-3H3,(H2,34,35,36,37)/t23-,24-. The Morgan fingerprint density at radius 3 is 2.62 bits per heavy atom. The highest BCUT2D eigenvalue weighted by Crippen LogP contribution is 2.34. The average molecular weight is 542 g/mol. The van der Waals surface area contributed by atoms with Crippen molar-refractivity contribution in [1.82, 2.24) is 20.1 Å². The molecule has 1 aliphatic carbocycles. The molecule has 0 bridgehead atoms. The lowest BCUT2D eigenvalue weighted by Gasteiger charge is -2.30. The van der Waals surface area contributed by atoms with Crippen molar-refractivity contribution in [3.05, 3.63) is 76.7 Å². The highest BCUT2D eigenvalue weighted by molar-refractivity contribution is 6.00. The van der Waals surface area contributed by atoms with Gasteiger partial charge in [0.1, 0.15) is 5.82 Å². The summed E-state index contributed by atoms with van der Waals surface area (Å²) in [7, 11) is 0. The van der Waals surface area contributed by atoms with Crippen molar-refractivity contribution in [1.29, 1.82) is 0 Å². The molecule has 4 aromatic rings. The maximum Gasteiger partial charge on any atom is 0.254 e. The fourth-order valence-corrected chi connectivity index (χ4v) is 5.91. The van der Waals surface area contributed by atoms with Crippen LogP contribution < -0.4 is 5.32 Å². The molecule has 1 aliphatic heterocycles. The number of halogens is 1. The lowest BCUT2D eigenvalue weighted by atomic mass is 9.84. The molecule has 2 aliphatic rings. The number of carbonyl (C=O) groups excluding carboxylic acids is 1. The molecule has 3 heterocycles. The third-order valence-corrected chi connectivity index (χ3v) is 8.36. The number of aromatic amines is 1. The van der Waals surface area contributed by atoms with Gasteiger partial charge >= 0.3 is 0 Å². The van der Waals surface area contributed by atoms with Crippen LogP contribution in [0, 0.1) is 5.82 Å². The van der Waals surface area contributed by atoms with Gasteiger partial charge in [-0.15, -0.1) is 0 Å². The van der Waals surface area contributed by atoms with E-state index >= 15 is 4.39 Å². The Bertz CT molecular complexity index is 1570. The van der Waals surface area contributed by atoms with E-state index in [4.69, 9.17) is 0 Å². The average Bonchev–Trinajstić information content (AvgIpc) is 3.34. The monoisotopic (exact) mass is 541 g/mol. The molecule has 3 N–H and O–H groups in total. The summed E-state index contributed by atoms with van der Waals surface area (Å²) in [6.45, 7) is 7.29. The highest BCUT2D eigenvalue weighted by Gasteiger charge is 2.27. The number of hydrogen-bond donors (Lipinski definition) is 3. The van der Waals surface area contributed by atoms with Crippen LogP contribution >= 0.6 is 0 Å². The first-order chi connectivity index (χ1) is 19.2. The van der Waals surface area contributed by atoms with E-state index < -0.39 is 0 Å². The minimum atomic E-state index is -0.344. The minimum Gasteiger partial charge on any atom is -0.393 e. The van der Waals surface area contributed by atoms with Gasteiger partial charge < -0.3 is 15.3 Å². The van der Waals surface area contributed by atoms with Crippen LogP contribution in [-0.4, -0.2) is 49.8 Å². The number of anilines is 1. The minimum absolute atomic E-state index is 0.0210. The number of H-pyrrole nitrogens is 1. The molecule has 0 spiro atoms. The van der Waals surface area contributed by atoms with Crippen LogP contribution in [0.3, 0.4) is 0 Å². The summed E-state index contributed by atoms with van der Waals surface area (Å²) in [6.07, 6.45) is 5.48. The van der Waals surface area contributed by atoms with Crippen molar-refractivity contribution in [3.8, 4) is 11.1 Å². The van der Waals surface area contributed by atoms with Gasteiger partial charge in [-0.1, -0.05) is 45.0 Å². The molecule has 1 fully saturated rings. The number of benzene rings is 2. The number of pyridine rings is 1. The third kappa shape index (κ3) is 5.08. The molecule has 2 aromatic heterocycles. The van der Waals surface area contributed by atoms with Gasteiger partial charge in [-0.25, -0.2) is 9.37 Å². The lowest BCUT2D eigenvalue weighted by molar-refractivity contribution is 0.0725. The van der Waals surface area contributed by atoms with Gasteiger partial charge in [0.15, 0.2) is 11.5 Å². The summed E-state index contributed by atoms with van der Waals surface area (Å²) in [4.78, 5) is 19.4. The van der Waals surface area contributed by atoms with Crippen molar-refractivity contribution in [2.75, 3.05) is 11.9 Å². The fourth-order valence-electron chi connectivity index (χ4n) is 5.91. The quantitative estimate of drug-likeness (QED) is 0.289. The highest BCUT2D eigenvalue weighted by atomic mass is 19.1. The van der Waals surface area contributed by atoms with Gasteiger partial charge in [-0.05, 0) is 78.0 Å².